The van der Waals surface area contributed by atoms with Gasteiger partial charge >= 0.3 is 6.18 Å². The summed E-state index contributed by atoms with van der Waals surface area (Å²) in [5.41, 5.74) is -0.991. The molecule has 0 spiro atoms. The highest BCUT2D eigenvalue weighted by atomic mass is 35.5. The van der Waals surface area contributed by atoms with Gasteiger partial charge in [-0.15, -0.1) is 0 Å². The number of alkyl halides is 3. The molecule has 1 saturated carbocycles. The molecule has 1 aliphatic carbocycles. The van der Waals surface area contributed by atoms with E-state index in [1.807, 2.05) is 0 Å². The van der Waals surface area contributed by atoms with Gasteiger partial charge in [0.05, 0.1) is 29.5 Å². The van der Waals surface area contributed by atoms with Gasteiger partial charge in [-0.05, 0) is 56.0 Å². The smallest absolute Gasteiger partial charge is 0.416 e. The first kappa shape index (κ1) is 21.6. The maximum atomic E-state index is 13.0. The van der Waals surface area contributed by atoms with E-state index in [1.54, 1.807) is 0 Å². The van der Waals surface area contributed by atoms with Crippen molar-refractivity contribution in [2.75, 3.05) is 11.8 Å². The molecule has 158 valence electrons. The van der Waals surface area contributed by atoms with E-state index in [1.165, 1.54) is 25.3 Å². The van der Waals surface area contributed by atoms with Gasteiger partial charge in [0.2, 0.25) is 0 Å². The Morgan fingerprint density at radius 2 is 1.76 bits per heavy atom. The summed E-state index contributed by atoms with van der Waals surface area (Å²) in [6.45, 7) is 0. The summed E-state index contributed by atoms with van der Waals surface area (Å²) >= 11 is 5.86. The van der Waals surface area contributed by atoms with Crippen LogP contribution in [0.1, 0.15) is 31.2 Å². The van der Waals surface area contributed by atoms with Crippen LogP contribution in [0, 0.1) is 0 Å². The van der Waals surface area contributed by atoms with Gasteiger partial charge in [-0.3, -0.25) is 4.72 Å². The molecule has 29 heavy (non-hydrogen) atoms. The topological polar surface area (TPSA) is 64.6 Å². The Hall–Kier alpha value is -2.13. The average molecular weight is 450 g/mol. The lowest BCUT2D eigenvalue weighted by atomic mass is 10.2. The SMILES string of the molecule is COc1ccc(NS(=O)(=O)c2cc(C(F)(F)F)ccc2Cl)cc1OC1CCCC1. The molecular formula is C19H19ClF3NO4S. The second-order valence-electron chi connectivity index (χ2n) is 6.64. The largest absolute Gasteiger partial charge is 0.493 e. The van der Waals surface area contributed by atoms with E-state index in [2.05, 4.69) is 4.72 Å². The molecule has 0 atom stereocenters. The first-order chi connectivity index (χ1) is 13.6. The number of methoxy groups -OCH3 is 1. The summed E-state index contributed by atoms with van der Waals surface area (Å²) in [5, 5.41) is -0.318. The number of hydrogen-bond acceptors (Lipinski definition) is 4. The zero-order valence-electron chi connectivity index (χ0n) is 15.4. The van der Waals surface area contributed by atoms with Crippen molar-refractivity contribution in [2.24, 2.45) is 0 Å². The van der Waals surface area contributed by atoms with Crippen LogP contribution < -0.4 is 14.2 Å². The Morgan fingerprint density at radius 1 is 1.07 bits per heavy atom. The van der Waals surface area contributed by atoms with Crippen molar-refractivity contribution in [3.8, 4) is 11.5 Å². The Labute approximate surface area is 171 Å². The summed E-state index contributed by atoms with van der Waals surface area (Å²) in [5.74, 6) is 0.784. The van der Waals surface area contributed by atoms with Gasteiger partial charge in [0.25, 0.3) is 10.0 Å². The second kappa shape index (κ2) is 8.31. The second-order valence-corrected chi connectivity index (χ2v) is 8.70. The van der Waals surface area contributed by atoms with Crippen LogP contribution in [0.3, 0.4) is 0 Å². The van der Waals surface area contributed by atoms with Crippen molar-refractivity contribution >= 4 is 27.3 Å². The van der Waals surface area contributed by atoms with E-state index in [0.717, 1.165) is 37.8 Å². The Balaban J connectivity index is 1.90. The molecular weight excluding hydrogens is 431 g/mol. The molecule has 0 amide bonds. The summed E-state index contributed by atoms with van der Waals surface area (Å²) in [4.78, 5) is -0.664. The molecule has 2 aromatic rings. The van der Waals surface area contributed by atoms with E-state index in [9.17, 15) is 21.6 Å². The lowest BCUT2D eigenvalue weighted by molar-refractivity contribution is -0.137. The minimum Gasteiger partial charge on any atom is -0.493 e. The number of halogens is 4. The third-order valence-electron chi connectivity index (χ3n) is 4.56. The molecule has 5 nitrogen and oxygen atoms in total. The van der Waals surface area contributed by atoms with Gasteiger partial charge in [0.1, 0.15) is 4.90 Å². The number of sulfonamides is 1. The van der Waals surface area contributed by atoms with Crippen LogP contribution in [0.25, 0.3) is 0 Å². The van der Waals surface area contributed by atoms with Gasteiger partial charge < -0.3 is 9.47 Å². The van der Waals surface area contributed by atoms with E-state index in [0.29, 0.717) is 17.6 Å². The van der Waals surface area contributed by atoms with Gasteiger partial charge in [0, 0.05) is 6.07 Å². The molecule has 0 saturated heterocycles. The van der Waals surface area contributed by atoms with Crippen molar-refractivity contribution in [1.82, 2.24) is 0 Å². The third-order valence-corrected chi connectivity index (χ3v) is 6.42. The van der Waals surface area contributed by atoms with Gasteiger partial charge in [-0.2, -0.15) is 13.2 Å². The van der Waals surface area contributed by atoms with Crippen LogP contribution >= 0.6 is 11.6 Å². The highest BCUT2D eigenvalue weighted by Crippen LogP contribution is 2.36. The van der Waals surface area contributed by atoms with Gasteiger partial charge in [0.15, 0.2) is 11.5 Å². The quantitative estimate of drug-likeness (QED) is 0.633. The molecule has 0 bridgehead atoms. The maximum absolute atomic E-state index is 13.0. The van der Waals surface area contributed by atoms with Crippen molar-refractivity contribution < 1.29 is 31.1 Å². The predicted octanol–water partition coefficient (Wildman–Crippen LogP) is 5.49. The van der Waals surface area contributed by atoms with Crippen LogP contribution in [0.5, 0.6) is 11.5 Å². The normalized spacial score (nSPS) is 15.3. The zero-order chi connectivity index (χ0) is 21.2. The van der Waals surface area contributed by atoms with Gasteiger partial charge in [-0.25, -0.2) is 8.42 Å². The van der Waals surface area contributed by atoms with Crippen LogP contribution in [-0.2, 0) is 16.2 Å². The van der Waals surface area contributed by atoms with Crippen LogP contribution in [0.2, 0.25) is 5.02 Å². The molecule has 2 aromatic carbocycles. The fourth-order valence-electron chi connectivity index (χ4n) is 3.11. The molecule has 1 fully saturated rings. The molecule has 0 aliphatic heterocycles. The molecule has 1 aliphatic rings. The van der Waals surface area contributed by atoms with Crippen molar-refractivity contribution in [1.29, 1.82) is 0 Å². The highest BCUT2D eigenvalue weighted by molar-refractivity contribution is 7.92. The van der Waals surface area contributed by atoms with Crippen LogP contribution in [0.15, 0.2) is 41.3 Å². The summed E-state index contributed by atoms with van der Waals surface area (Å²) in [6, 6.07) is 6.53. The fourth-order valence-corrected chi connectivity index (χ4v) is 4.69. The lowest BCUT2D eigenvalue weighted by Gasteiger charge is -2.18. The first-order valence-electron chi connectivity index (χ1n) is 8.84. The predicted molar refractivity (Wildman–Crippen MR) is 103 cm³/mol. The summed E-state index contributed by atoms with van der Waals surface area (Å²) in [7, 11) is -2.91. The summed E-state index contributed by atoms with van der Waals surface area (Å²) < 4.78 is 77.6. The number of hydrogen-bond donors (Lipinski definition) is 1. The fraction of sp³-hybridized carbons (Fsp3) is 0.368. The Bertz CT molecular complexity index is 989. The number of rotatable bonds is 6. The summed E-state index contributed by atoms with van der Waals surface area (Å²) in [6.07, 6.45) is -0.816. The number of benzene rings is 2. The van der Waals surface area contributed by atoms with Crippen molar-refractivity contribution in [3.05, 3.63) is 47.0 Å². The highest BCUT2D eigenvalue weighted by Gasteiger charge is 2.33. The van der Waals surface area contributed by atoms with Gasteiger partial charge in [-0.1, -0.05) is 11.6 Å². The van der Waals surface area contributed by atoms with E-state index in [-0.39, 0.29) is 16.8 Å². The zero-order valence-corrected chi connectivity index (χ0v) is 17.0. The minimum atomic E-state index is -4.70. The number of anilines is 1. The number of nitrogens with one attached hydrogen (secondary N) is 1. The van der Waals surface area contributed by atoms with Crippen LogP contribution in [0.4, 0.5) is 18.9 Å². The standard InChI is InChI=1S/C19H19ClF3NO4S/c1-27-16-9-7-13(11-17(16)28-14-4-2-3-5-14)24-29(25,26)18-10-12(19(21,22)23)6-8-15(18)20/h6-11,14,24H,2-5H2,1H3. The lowest BCUT2D eigenvalue weighted by Crippen LogP contribution is -2.16. The Morgan fingerprint density at radius 3 is 2.38 bits per heavy atom. The molecule has 0 heterocycles. The van der Waals surface area contributed by atoms with E-state index in [4.69, 9.17) is 21.1 Å². The van der Waals surface area contributed by atoms with E-state index < -0.39 is 26.7 Å². The van der Waals surface area contributed by atoms with Crippen LogP contribution in [-0.4, -0.2) is 21.6 Å². The van der Waals surface area contributed by atoms with Crippen molar-refractivity contribution in [2.45, 2.75) is 42.9 Å². The molecule has 0 aromatic heterocycles. The molecule has 10 heteroatoms. The van der Waals surface area contributed by atoms with Crippen molar-refractivity contribution in [3.63, 3.8) is 0 Å². The third kappa shape index (κ3) is 5.08. The molecule has 0 unspecified atom stereocenters. The average Bonchev–Trinajstić information content (AvgIpc) is 3.14. The minimum absolute atomic E-state index is 0.00803. The Kier molecular flexibility index (Phi) is 6.19. The molecule has 1 N–H and O–H groups in total. The maximum Gasteiger partial charge on any atom is 0.416 e. The first-order valence-corrected chi connectivity index (χ1v) is 10.7. The molecule has 3 rings (SSSR count). The van der Waals surface area contributed by atoms with E-state index >= 15 is 0 Å². The molecule has 0 radical (unpaired) electrons. The number of ether oxygens (including phenoxy) is 2. The monoisotopic (exact) mass is 449 g/mol.